The van der Waals surface area contributed by atoms with E-state index < -0.39 is 39.1 Å². The monoisotopic (exact) mass is 333 g/mol. The molecule has 1 fully saturated rings. The Bertz CT molecular complexity index is 443. The minimum Gasteiger partial charge on any atom is -0.464 e. The molecule has 0 spiro atoms. The standard InChI is InChI=1S/C11H18F3NO5S/c12-11(13,14)21(18,19)15(17)7-8-20-10(16)9-5-3-1-2-4-6-9/h9,17H,1-8H2. The summed E-state index contributed by atoms with van der Waals surface area (Å²) >= 11 is 0. The zero-order chi connectivity index (χ0) is 16.1. The number of halogens is 3. The first-order chi connectivity index (χ1) is 9.66. The zero-order valence-corrected chi connectivity index (χ0v) is 12.1. The maximum absolute atomic E-state index is 12.1. The highest BCUT2D eigenvalue weighted by molar-refractivity contribution is 7.89. The fourth-order valence-corrected chi connectivity index (χ4v) is 2.65. The number of sulfonamides is 1. The Balaban J connectivity index is 2.40. The SMILES string of the molecule is O=C(OCCN(O)S(=O)(=O)C(F)(F)F)C1CCCCCC1. The van der Waals surface area contributed by atoms with Crippen LogP contribution in [-0.4, -0.2) is 42.7 Å². The molecule has 0 atom stereocenters. The Morgan fingerprint density at radius 1 is 1.19 bits per heavy atom. The van der Waals surface area contributed by atoms with Crippen molar-refractivity contribution in [2.75, 3.05) is 13.2 Å². The summed E-state index contributed by atoms with van der Waals surface area (Å²) in [5.41, 5.74) is -5.59. The highest BCUT2D eigenvalue weighted by atomic mass is 32.2. The van der Waals surface area contributed by atoms with Crippen LogP contribution in [-0.2, 0) is 19.6 Å². The second-order valence-corrected chi connectivity index (χ2v) is 6.69. The number of hydroxylamine groups is 1. The first kappa shape index (κ1) is 18.2. The number of rotatable bonds is 5. The van der Waals surface area contributed by atoms with Gasteiger partial charge in [0.15, 0.2) is 0 Å². The van der Waals surface area contributed by atoms with Gasteiger partial charge in [-0.1, -0.05) is 30.2 Å². The average Bonchev–Trinajstić information content (AvgIpc) is 2.65. The Hall–Kier alpha value is -0.870. The van der Waals surface area contributed by atoms with Gasteiger partial charge in [0.25, 0.3) is 0 Å². The van der Waals surface area contributed by atoms with E-state index in [0.29, 0.717) is 12.8 Å². The van der Waals surface area contributed by atoms with Crippen LogP contribution in [0.2, 0.25) is 0 Å². The van der Waals surface area contributed by atoms with Crippen LogP contribution in [0, 0.1) is 5.92 Å². The number of nitrogens with zero attached hydrogens (tertiary/aromatic N) is 1. The molecule has 10 heteroatoms. The topological polar surface area (TPSA) is 83.9 Å². The van der Waals surface area contributed by atoms with E-state index in [1.807, 2.05) is 0 Å². The maximum atomic E-state index is 12.1. The van der Waals surface area contributed by atoms with Crippen LogP contribution in [0.5, 0.6) is 0 Å². The predicted molar refractivity (Wildman–Crippen MR) is 65.6 cm³/mol. The molecule has 0 aromatic rings. The molecule has 1 aliphatic carbocycles. The molecule has 0 bridgehead atoms. The lowest BCUT2D eigenvalue weighted by molar-refractivity contribution is -0.151. The molecular formula is C11H18F3NO5S. The Kier molecular flexibility index (Phi) is 6.41. The normalized spacial score (nSPS) is 18.5. The minimum absolute atomic E-state index is 0.307. The molecule has 0 unspecified atom stereocenters. The van der Waals surface area contributed by atoms with Crippen molar-refractivity contribution in [2.24, 2.45) is 5.92 Å². The number of hydrogen-bond donors (Lipinski definition) is 1. The second kappa shape index (κ2) is 7.41. The molecule has 124 valence electrons. The molecule has 0 saturated heterocycles. The third-order valence-electron chi connectivity index (χ3n) is 3.29. The Morgan fingerprint density at radius 2 is 1.71 bits per heavy atom. The van der Waals surface area contributed by atoms with Gasteiger partial charge in [-0.05, 0) is 12.8 Å². The molecular weight excluding hydrogens is 315 g/mol. The molecule has 0 heterocycles. The summed E-state index contributed by atoms with van der Waals surface area (Å²) in [7, 11) is -5.81. The van der Waals surface area contributed by atoms with E-state index in [4.69, 9.17) is 9.94 Å². The van der Waals surface area contributed by atoms with Crippen LogP contribution in [0.3, 0.4) is 0 Å². The van der Waals surface area contributed by atoms with E-state index in [2.05, 4.69) is 0 Å². The predicted octanol–water partition coefficient (Wildman–Crippen LogP) is 2.04. The average molecular weight is 333 g/mol. The summed E-state index contributed by atoms with van der Waals surface area (Å²) < 4.78 is 61.8. The number of esters is 1. The minimum atomic E-state index is -5.81. The number of alkyl halides is 3. The molecule has 6 nitrogen and oxygen atoms in total. The first-order valence-corrected chi connectivity index (χ1v) is 8.05. The highest BCUT2D eigenvalue weighted by Gasteiger charge is 2.50. The van der Waals surface area contributed by atoms with Crippen LogP contribution < -0.4 is 0 Å². The van der Waals surface area contributed by atoms with Crippen molar-refractivity contribution < 1.29 is 36.3 Å². The smallest absolute Gasteiger partial charge is 0.464 e. The summed E-state index contributed by atoms with van der Waals surface area (Å²) in [5.74, 6) is -0.867. The van der Waals surface area contributed by atoms with Crippen molar-refractivity contribution in [3.05, 3.63) is 0 Å². The van der Waals surface area contributed by atoms with Gasteiger partial charge in [0.2, 0.25) is 0 Å². The maximum Gasteiger partial charge on any atom is 0.513 e. The van der Waals surface area contributed by atoms with Crippen LogP contribution in [0.25, 0.3) is 0 Å². The van der Waals surface area contributed by atoms with Gasteiger partial charge in [-0.15, -0.1) is 0 Å². The summed E-state index contributed by atoms with van der Waals surface area (Å²) in [6, 6.07) is 0. The van der Waals surface area contributed by atoms with Crippen LogP contribution in [0.4, 0.5) is 13.2 Å². The van der Waals surface area contributed by atoms with Crippen molar-refractivity contribution in [2.45, 2.75) is 44.0 Å². The zero-order valence-electron chi connectivity index (χ0n) is 11.3. The van der Waals surface area contributed by atoms with Gasteiger partial charge in [0.1, 0.15) is 6.61 Å². The molecule has 21 heavy (non-hydrogen) atoms. The van der Waals surface area contributed by atoms with Crippen molar-refractivity contribution in [1.82, 2.24) is 4.47 Å². The number of carbonyl (C=O) groups excluding carboxylic acids is 1. The van der Waals surface area contributed by atoms with Gasteiger partial charge in [0.05, 0.1) is 12.5 Å². The largest absolute Gasteiger partial charge is 0.513 e. The van der Waals surface area contributed by atoms with Crippen LogP contribution in [0.1, 0.15) is 38.5 Å². The van der Waals surface area contributed by atoms with Gasteiger partial charge in [-0.25, -0.2) is 8.42 Å². The quantitative estimate of drug-likeness (QED) is 0.473. The lowest BCUT2D eigenvalue weighted by atomic mass is 10.0. The van der Waals surface area contributed by atoms with Gasteiger partial charge < -0.3 is 4.74 Å². The summed E-state index contributed by atoms with van der Waals surface area (Å²) in [5, 5.41) is 8.91. The lowest BCUT2D eigenvalue weighted by Gasteiger charge is -2.18. The highest BCUT2D eigenvalue weighted by Crippen LogP contribution is 2.26. The Morgan fingerprint density at radius 3 is 2.19 bits per heavy atom. The van der Waals surface area contributed by atoms with E-state index >= 15 is 0 Å². The summed E-state index contributed by atoms with van der Waals surface area (Å²) in [6.07, 6.45) is 5.13. The van der Waals surface area contributed by atoms with Gasteiger partial charge in [-0.3, -0.25) is 10.0 Å². The second-order valence-electron chi connectivity index (χ2n) is 4.85. The van der Waals surface area contributed by atoms with Crippen molar-refractivity contribution in [3.8, 4) is 0 Å². The van der Waals surface area contributed by atoms with Crippen molar-refractivity contribution in [1.29, 1.82) is 0 Å². The first-order valence-electron chi connectivity index (χ1n) is 6.61. The summed E-state index contributed by atoms with van der Waals surface area (Å²) in [6.45, 7) is -1.58. The van der Waals surface area contributed by atoms with E-state index in [-0.39, 0.29) is 5.92 Å². The number of hydrogen-bond acceptors (Lipinski definition) is 5. The van der Waals surface area contributed by atoms with Crippen molar-refractivity contribution in [3.63, 3.8) is 0 Å². The summed E-state index contributed by atoms with van der Waals surface area (Å²) in [4.78, 5) is 11.7. The fourth-order valence-electron chi connectivity index (χ4n) is 2.10. The Labute approximate surface area is 120 Å². The lowest BCUT2D eigenvalue weighted by Crippen LogP contribution is -2.40. The molecule has 1 saturated carbocycles. The molecule has 1 aliphatic rings. The van der Waals surface area contributed by atoms with Crippen LogP contribution in [0.15, 0.2) is 0 Å². The van der Waals surface area contributed by atoms with Crippen molar-refractivity contribution >= 4 is 16.0 Å². The van der Waals surface area contributed by atoms with Gasteiger partial charge in [-0.2, -0.15) is 13.2 Å². The molecule has 0 aromatic carbocycles. The van der Waals surface area contributed by atoms with E-state index in [0.717, 1.165) is 25.7 Å². The molecule has 0 radical (unpaired) electrons. The molecule has 0 aromatic heterocycles. The van der Waals surface area contributed by atoms with E-state index in [9.17, 15) is 26.4 Å². The van der Waals surface area contributed by atoms with E-state index in [1.54, 1.807) is 0 Å². The fraction of sp³-hybridized carbons (Fsp3) is 0.909. The molecule has 0 amide bonds. The van der Waals surface area contributed by atoms with E-state index in [1.165, 1.54) is 0 Å². The molecule has 1 rings (SSSR count). The van der Waals surface area contributed by atoms with Crippen LogP contribution >= 0.6 is 0 Å². The number of carbonyl (C=O) groups is 1. The third-order valence-corrected chi connectivity index (χ3v) is 4.61. The van der Waals surface area contributed by atoms with Gasteiger partial charge >= 0.3 is 21.5 Å². The van der Waals surface area contributed by atoms with Gasteiger partial charge in [0, 0.05) is 0 Å². The molecule has 1 N–H and O–H groups in total. The third kappa shape index (κ3) is 5.11. The number of ether oxygens (including phenoxy) is 1. The molecule has 0 aliphatic heterocycles.